The maximum atomic E-state index is 13.5. The van der Waals surface area contributed by atoms with Gasteiger partial charge in [0.05, 0.1) is 25.4 Å². The smallest absolute Gasteiger partial charge is 0.239 e. The first-order valence-electron chi connectivity index (χ1n) is 7.18. The number of para-hydroxylation sites is 2. The number of nitrogens with one attached hydrogen (secondary N) is 2. The van der Waals surface area contributed by atoms with E-state index in [4.69, 9.17) is 4.74 Å². The Balaban J connectivity index is 1.82. The fraction of sp³-hybridized carbons (Fsp3) is 0.235. The van der Waals surface area contributed by atoms with Crippen molar-refractivity contribution in [2.75, 3.05) is 25.5 Å². The van der Waals surface area contributed by atoms with Crippen LogP contribution in [0.25, 0.3) is 0 Å². The average Bonchev–Trinajstić information content (AvgIpc) is 2.58. The number of anilines is 1. The molecule has 3 N–H and O–H groups in total. The monoisotopic (exact) mass is 318 g/mol. The molecular formula is C17H19FN2O3. The van der Waals surface area contributed by atoms with Crippen LogP contribution in [0.2, 0.25) is 0 Å². The number of carbonyl (C=O) groups is 1. The average molecular weight is 318 g/mol. The Morgan fingerprint density at radius 2 is 1.91 bits per heavy atom. The molecule has 0 heterocycles. The van der Waals surface area contributed by atoms with E-state index in [1.54, 1.807) is 31.4 Å². The second-order valence-electron chi connectivity index (χ2n) is 4.90. The molecule has 0 aliphatic rings. The predicted octanol–water partition coefficient (Wildman–Crippen LogP) is 2.10. The third kappa shape index (κ3) is 4.69. The fourth-order valence-electron chi connectivity index (χ4n) is 2.09. The van der Waals surface area contributed by atoms with Gasteiger partial charge in [0.2, 0.25) is 5.91 Å². The summed E-state index contributed by atoms with van der Waals surface area (Å²) in [5.74, 6) is -0.181. The molecule has 0 aromatic heterocycles. The van der Waals surface area contributed by atoms with Crippen molar-refractivity contribution in [3.05, 3.63) is 59.9 Å². The summed E-state index contributed by atoms with van der Waals surface area (Å²) >= 11 is 0. The highest BCUT2D eigenvalue weighted by molar-refractivity contribution is 5.81. The van der Waals surface area contributed by atoms with Gasteiger partial charge in [0.25, 0.3) is 0 Å². The molecule has 1 amide bonds. The summed E-state index contributed by atoms with van der Waals surface area (Å²) in [4.78, 5) is 11.8. The lowest BCUT2D eigenvalue weighted by atomic mass is 10.1. The Kier molecular flexibility index (Phi) is 5.94. The van der Waals surface area contributed by atoms with Crippen molar-refractivity contribution in [1.82, 2.24) is 5.32 Å². The molecule has 122 valence electrons. The minimum Gasteiger partial charge on any atom is -0.495 e. The molecule has 23 heavy (non-hydrogen) atoms. The van der Waals surface area contributed by atoms with E-state index in [1.165, 1.54) is 12.1 Å². The SMILES string of the molecule is COc1ccccc1NCC(=O)NCC(O)c1ccccc1F. The zero-order chi connectivity index (χ0) is 16.7. The zero-order valence-corrected chi connectivity index (χ0v) is 12.8. The highest BCUT2D eigenvalue weighted by Gasteiger charge is 2.13. The van der Waals surface area contributed by atoms with Crippen molar-refractivity contribution < 1.29 is 19.0 Å². The van der Waals surface area contributed by atoms with Crippen LogP contribution < -0.4 is 15.4 Å². The van der Waals surface area contributed by atoms with Crippen molar-refractivity contribution in [2.45, 2.75) is 6.10 Å². The highest BCUT2D eigenvalue weighted by Crippen LogP contribution is 2.22. The molecule has 0 radical (unpaired) electrons. The molecule has 1 atom stereocenters. The summed E-state index contributed by atoms with van der Waals surface area (Å²) in [5.41, 5.74) is 0.852. The van der Waals surface area contributed by atoms with Crippen LogP contribution in [0.15, 0.2) is 48.5 Å². The Labute approximate surface area is 134 Å². The van der Waals surface area contributed by atoms with Gasteiger partial charge < -0.3 is 20.5 Å². The predicted molar refractivity (Wildman–Crippen MR) is 85.9 cm³/mol. The van der Waals surface area contributed by atoms with E-state index >= 15 is 0 Å². The van der Waals surface area contributed by atoms with Crippen LogP contribution in [0.3, 0.4) is 0 Å². The second-order valence-corrected chi connectivity index (χ2v) is 4.90. The minimum absolute atomic E-state index is 0.0182. The van der Waals surface area contributed by atoms with Crippen LogP contribution in [0.5, 0.6) is 5.75 Å². The first-order valence-corrected chi connectivity index (χ1v) is 7.18. The van der Waals surface area contributed by atoms with Crippen LogP contribution in [0, 0.1) is 5.82 Å². The third-order valence-electron chi connectivity index (χ3n) is 3.30. The summed E-state index contributed by atoms with van der Waals surface area (Å²) in [6, 6.07) is 13.2. The van der Waals surface area contributed by atoms with E-state index in [9.17, 15) is 14.3 Å². The van der Waals surface area contributed by atoms with E-state index in [-0.39, 0.29) is 24.6 Å². The van der Waals surface area contributed by atoms with Gasteiger partial charge in [0.1, 0.15) is 11.6 Å². The fourth-order valence-corrected chi connectivity index (χ4v) is 2.09. The highest BCUT2D eigenvalue weighted by atomic mass is 19.1. The molecule has 2 aromatic rings. The number of hydrogen-bond acceptors (Lipinski definition) is 4. The van der Waals surface area contributed by atoms with Gasteiger partial charge in [-0.2, -0.15) is 0 Å². The Morgan fingerprint density at radius 3 is 2.65 bits per heavy atom. The van der Waals surface area contributed by atoms with E-state index in [0.717, 1.165) is 0 Å². The summed E-state index contributed by atoms with van der Waals surface area (Å²) in [6.07, 6.45) is -1.09. The Hall–Kier alpha value is -2.60. The number of benzene rings is 2. The van der Waals surface area contributed by atoms with Gasteiger partial charge in [0.15, 0.2) is 0 Å². The molecule has 0 saturated carbocycles. The third-order valence-corrected chi connectivity index (χ3v) is 3.30. The molecule has 2 aromatic carbocycles. The van der Waals surface area contributed by atoms with Crippen molar-refractivity contribution >= 4 is 11.6 Å². The van der Waals surface area contributed by atoms with E-state index in [0.29, 0.717) is 11.4 Å². The van der Waals surface area contributed by atoms with Gasteiger partial charge in [-0.1, -0.05) is 30.3 Å². The molecule has 1 unspecified atom stereocenters. The topological polar surface area (TPSA) is 70.6 Å². The zero-order valence-electron chi connectivity index (χ0n) is 12.8. The number of methoxy groups -OCH3 is 1. The molecule has 0 fully saturated rings. The van der Waals surface area contributed by atoms with Crippen LogP contribution in [-0.4, -0.2) is 31.2 Å². The van der Waals surface area contributed by atoms with E-state index in [2.05, 4.69) is 10.6 Å². The first-order chi connectivity index (χ1) is 11.1. The molecule has 5 nitrogen and oxygen atoms in total. The van der Waals surface area contributed by atoms with Gasteiger partial charge in [-0.05, 0) is 18.2 Å². The number of ether oxygens (including phenoxy) is 1. The van der Waals surface area contributed by atoms with Crippen LogP contribution in [0.1, 0.15) is 11.7 Å². The number of aliphatic hydroxyl groups is 1. The largest absolute Gasteiger partial charge is 0.495 e. The number of rotatable bonds is 7. The molecule has 6 heteroatoms. The lowest BCUT2D eigenvalue weighted by Crippen LogP contribution is -2.33. The van der Waals surface area contributed by atoms with Gasteiger partial charge >= 0.3 is 0 Å². The molecule has 2 rings (SSSR count). The molecule has 0 bridgehead atoms. The van der Waals surface area contributed by atoms with Crippen molar-refractivity contribution in [3.63, 3.8) is 0 Å². The van der Waals surface area contributed by atoms with Crippen LogP contribution >= 0.6 is 0 Å². The van der Waals surface area contributed by atoms with Crippen LogP contribution in [0.4, 0.5) is 10.1 Å². The van der Waals surface area contributed by atoms with Gasteiger partial charge in [0, 0.05) is 12.1 Å². The number of carbonyl (C=O) groups excluding carboxylic acids is 1. The second kappa shape index (κ2) is 8.14. The number of halogens is 1. The summed E-state index contributed by atoms with van der Waals surface area (Å²) < 4.78 is 18.7. The standard InChI is InChI=1S/C17H19FN2O3/c1-23-16-9-5-4-8-14(16)19-11-17(22)20-10-15(21)12-6-2-3-7-13(12)18/h2-9,15,19,21H,10-11H2,1H3,(H,20,22). The number of hydrogen-bond donors (Lipinski definition) is 3. The number of aliphatic hydroxyl groups excluding tert-OH is 1. The van der Waals surface area contributed by atoms with Crippen molar-refractivity contribution in [1.29, 1.82) is 0 Å². The molecule has 0 aliphatic carbocycles. The van der Waals surface area contributed by atoms with Gasteiger partial charge in [-0.25, -0.2) is 4.39 Å². The quantitative estimate of drug-likeness (QED) is 0.731. The van der Waals surface area contributed by atoms with E-state index < -0.39 is 11.9 Å². The minimum atomic E-state index is -1.09. The lowest BCUT2D eigenvalue weighted by Gasteiger charge is -2.14. The van der Waals surface area contributed by atoms with Crippen molar-refractivity contribution in [3.8, 4) is 5.75 Å². The lowest BCUT2D eigenvalue weighted by molar-refractivity contribution is -0.119. The first kappa shape index (κ1) is 16.8. The Morgan fingerprint density at radius 1 is 1.22 bits per heavy atom. The molecule has 0 saturated heterocycles. The normalized spacial score (nSPS) is 11.6. The summed E-state index contributed by atoms with van der Waals surface area (Å²) in [6.45, 7) is -0.0439. The maximum absolute atomic E-state index is 13.5. The summed E-state index contributed by atoms with van der Waals surface area (Å²) in [7, 11) is 1.55. The van der Waals surface area contributed by atoms with Gasteiger partial charge in [-0.3, -0.25) is 4.79 Å². The van der Waals surface area contributed by atoms with Gasteiger partial charge in [-0.15, -0.1) is 0 Å². The molecular weight excluding hydrogens is 299 g/mol. The summed E-state index contributed by atoms with van der Waals surface area (Å²) in [5, 5.41) is 15.4. The molecule has 0 spiro atoms. The van der Waals surface area contributed by atoms with E-state index in [1.807, 2.05) is 12.1 Å². The van der Waals surface area contributed by atoms with Crippen LogP contribution in [-0.2, 0) is 4.79 Å². The van der Waals surface area contributed by atoms with Crippen molar-refractivity contribution in [2.24, 2.45) is 0 Å². The number of amides is 1. The molecule has 0 aliphatic heterocycles. The Bertz CT molecular complexity index is 664. The maximum Gasteiger partial charge on any atom is 0.239 e.